The van der Waals surface area contributed by atoms with Gasteiger partial charge in [-0.3, -0.25) is 0 Å². The summed E-state index contributed by atoms with van der Waals surface area (Å²) in [7, 11) is 0. The van der Waals surface area contributed by atoms with Crippen molar-refractivity contribution >= 4 is 12.2 Å². The van der Waals surface area contributed by atoms with Crippen molar-refractivity contribution in [3.63, 3.8) is 0 Å². The molecule has 0 spiro atoms. The minimum atomic E-state index is 0.731. The molecule has 0 heterocycles. The summed E-state index contributed by atoms with van der Waals surface area (Å²) in [6.45, 7) is 15.3. The van der Waals surface area contributed by atoms with Crippen LogP contribution in [0, 0.1) is 19.8 Å². The molecule has 0 aliphatic carbocycles. The Hall–Kier alpha value is -1.04. The second-order valence-corrected chi connectivity index (χ2v) is 5.17. The van der Waals surface area contributed by atoms with Gasteiger partial charge in [-0.15, -0.1) is 0 Å². The van der Waals surface area contributed by atoms with E-state index < -0.39 is 0 Å². The van der Waals surface area contributed by atoms with Crippen molar-refractivity contribution in [2.24, 2.45) is 5.92 Å². The van der Waals surface area contributed by atoms with Gasteiger partial charge < -0.3 is 0 Å². The van der Waals surface area contributed by atoms with Crippen molar-refractivity contribution < 1.29 is 0 Å². The lowest BCUT2D eigenvalue weighted by Crippen LogP contribution is -2.19. The van der Waals surface area contributed by atoms with Crippen LogP contribution in [0.25, 0.3) is 12.2 Å². The second-order valence-electron chi connectivity index (χ2n) is 5.17. The summed E-state index contributed by atoms with van der Waals surface area (Å²) >= 11 is 0. The Balaban J connectivity index is 3.33. The van der Waals surface area contributed by atoms with Crippen LogP contribution in [0.2, 0.25) is 0 Å². The molecule has 1 atom stereocenters. The SMILES string of the molecule is C=c1c(C)cc(=C(C)C(CC)CCC)cc1C. The average Bonchev–Trinajstić information content (AvgIpc) is 2.31. The largest absolute Gasteiger partial charge is 0.0912 e. The van der Waals surface area contributed by atoms with Gasteiger partial charge in [-0.1, -0.05) is 44.6 Å². The van der Waals surface area contributed by atoms with E-state index in [1.165, 1.54) is 40.8 Å². The predicted octanol–water partition coefficient (Wildman–Crippen LogP) is 3.71. The second kappa shape index (κ2) is 6.05. The van der Waals surface area contributed by atoms with Crippen molar-refractivity contribution in [1.29, 1.82) is 0 Å². The van der Waals surface area contributed by atoms with E-state index in [1.54, 1.807) is 5.57 Å². The third-order valence-electron chi connectivity index (χ3n) is 3.89. The van der Waals surface area contributed by atoms with Crippen LogP contribution in [-0.2, 0) is 0 Å². The average molecular weight is 230 g/mol. The zero-order valence-corrected chi connectivity index (χ0v) is 12.1. The summed E-state index contributed by atoms with van der Waals surface area (Å²) in [4.78, 5) is 0. The molecule has 0 bridgehead atoms. The molecule has 0 N–H and O–H groups in total. The molecular formula is C17H26. The summed E-state index contributed by atoms with van der Waals surface area (Å²) in [5.74, 6) is 0.731. The van der Waals surface area contributed by atoms with Crippen molar-refractivity contribution in [2.45, 2.75) is 53.9 Å². The van der Waals surface area contributed by atoms with Gasteiger partial charge in [0.05, 0.1) is 0 Å². The minimum Gasteiger partial charge on any atom is -0.0912 e. The Morgan fingerprint density at radius 3 is 2.12 bits per heavy atom. The van der Waals surface area contributed by atoms with Crippen molar-refractivity contribution in [3.05, 3.63) is 33.7 Å². The van der Waals surface area contributed by atoms with E-state index >= 15 is 0 Å². The molecule has 1 unspecified atom stereocenters. The molecule has 0 saturated carbocycles. The quantitative estimate of drug-likeness (QED) is 0.739. The maximum Gasteiger partial charge on any atom is -0.0200 e. The molecular weight excluding hydrogens is 204 g/mol. The highest BCUT2D eigenvalue weighted by molar-refractivity contribution is 5.46. The first kappa shape index (κ1) is 14.0. The fraction of sp³-hybridized carbons (Fsp3) is 0.529. The molecule has 0 aromatic heterocycles. The van der Waals surface area contributed by atoms with Crippen molar-refractivity contribution in [2.75, 3.05) is 0 Å². The number of hydrogen-bond donors (Lipinski definition) is 0. The number of rotatable bonds is 4. The summed E-state index contributed by atoms with van der Waals surface area (Å²) in [6.07, 6.45) is 3.80. The fourth-order valence-electron chi connectivity index (χ4n) is 2.53. The van der Waals surface area contributed by atoms with Gasteiger partial charge in [0.15, 0.2) is 0 Å². The Kier molecular flexibility index (Phi) is 4.99. The lowest BCUT2D eigenvalue weighted by Gasteiger charge is -2.15. The lowest BCUT2D eigenvalue weighted by atomic mass is 9.90. The molecule has 0 aliphatic rings. The maximum atomic E-state index is 4.11. The van der Waals surface area contributed by atoms with Crippen LogP contribution < -0.4 is 10.4 Å². The molecule has 0 amide bonds. The Labute approximate surface area is 106 Å². The summed E-state index contributed by atoms with van der Waals surface area (Å²) < 4.78 is 0. The molecule has 17 heavy (non-hydrogen) atoms. The van der Waals surface area contributed by atoms with E-state index in [1.807, 2.05) is 0 Å². The standard InChI is InChI=1S/C17H26/c1-7-9-16(8-2)15(6)17-10-12(3)14(5)13(4)11-17/h10-11,16H,5,7-9H2,1-4,6H3. The molecule has 94 valence electrons. The van der Waals surface area contributed by atoms with Gasteiger partial charge in [0.25, 0.3) is 0 Å². The van der Waals surface area contributed by atoms with Crippen LogP contribution in [0.5, 0.6) is 0 Å². The Morgan fingerprint density at radius 1 is 1.18 bits per heavy atom. The van der Waals surface area contributed by atoms with E-state index in [2.05, 4.69) is 53.3 Å². The van der Waals surface area contributed by atoms with Gasteiger partial charge in [-0.25, -0.2) is 0 Å². The van der Waals surface area contributed by atoms with E-state index in [0.717, 1.165) is 5.92 Å². The van der Waals surface area contributed by atoms with Gasteiger partial charge in [0.1, 0.15) is 0 Å². The lowest BCUT2D eigenvalue weighted by molar-refractivity contribution is 0.573. The van der Waals surface area contributed by atoms with E-state index in [-0.39, 0.29) is 0 Å². The van der Waals surface area contributed by atoms with Crippen LogP contribution in [0.3, 0.4) is 0 Å². The van der Waals surface area contributed by atoms with E-state index in [4.69, 9.17) is 0 Å². The highest BCUT2D eigenvalue weighted by Gasteiger charge is 2.08. The third-order valence-corrected chi connectivity index (χ3v) is 3.89. The summed E-state index contributed by atoms with van der Waals surface area (Å²) in [5.41, 5.74) is 4.16. The number of hydrogen-bond acceptors (Lipinski definition) is 0. The Bertz CT molecular complexity index is 450. The van der Waals surface area contributed by atoms with Gasteiger partial charge in [-0.2, -0.15) is 0 Å². The maximum absolute atomic E-state index is 4.11. The normalized spacial score (nSPS) is 12.5. The first-order valence-corrected chi connectivity index (χ1v) is 6.78. The van der Waals surface area contributed by atoms with Gasteiger partial charge in [-0.05, 0) is 61.1 Å². The first-order chi connectivity index (χ1) is 8.01. The number of benzene rings is 1. The first-order valence-electron chi connectivity index (χ1n) is 6.78. The van der Waals surface area contributed by atoms with Crippen LogP contribution >= 0.6 is 0 Å². The van der Waals surface area contributed by atoms with Crippen LogP contribution in [0.15, 0.2) is 12.1 Å². The van der Waals surface area contributed by atoms with Crippen molar-refractivity contribution in [1.82, 2.24) is 0 Å². The number of aryl methyl sites for hydroxylation is 2. The molecule has 0 heteroatoms. The van der Waals surface area contributed by atoms with Crippen LogP contribution in [0.4, 0.5) is 0 Å². The zero-order valence-electron chi connectivity index (χ0n) is 12.1. The molecule has 1 rings (SSSR count). The van der Waals surface area contributed by atoms with Gasteiger partial charge in [0, 0.05) is 0 Å². The summed E-state index contributed by atoms with van der Waals surface area (Å²) in [6, 6.07) is 4.59. The van der Waals surface area contributed by atoms with Crippen LogP contribution in [-0.4, -0.2) is 0 Å². The molecule has 0 radical (unpaired) electrons. The van der Waals surface area contributed by atoms with Gasteiger partial charge in [0.2, 0.25) is 0 Å². The topological polar surface area (TPSA) is 0 Å². The molecule has 1 aromatic rings. The molecule has 0 fully saturated rings. The molecule has 0 nitrogen and oxygen atoms in total. The van der Waals surface area contributed by atoms with Gasteiger partial charge >= 0.3 is 0 Å². The molecule has 1 aromatic carbocycles. The third kappa shape index (κ3) is 3.21. The van der Waals surface area contributed by atoms with E-state index in [0.29, 0.717) is 0 Å². The van der Waals surface area contributed by atoms with E-state index in [9.17, 15) is 0 Å². The zero-order chi connectivity index (χ0) is 13.0. The predicted molar refractivity (Wildman–Crippen MR) is 78.5 cm³/mol. The van der Waals surface area contributed by atoms with Crippen molar-refractivity contribution in [3.8, 4) is 0 Å². The monoisotopic (exact) mass is 230 g/mol. The van der Waals surface area contributed by atoms with Crippen LogP contribution in [0.1, 0.15) is 51.2 Å². The smallest absolute Gasteiger partial charge is 0.0200 e. The molecule has 0 saturated heterocycles. The fourth-order valence-corrected chi connectivity index (χ4v) is 2.53. The highest BCUT2D eigenvalue weighted by Crippen LogP contribution is 2.20. The Morgan fingerprint density at radius 2 is 1.71 bits per heavy atom. The minimum absolute atomic E-state index is 0.731. The summed E-state index contributed by atoms with van der Waals surface area (Å²) in [5, 5.41) is 2.60. The highest BCUT2D eigenvalue weighted by atomic mass is 14.1. The molecule has 0 aliphatic heterocycles.